The number of rotatable bonds is 4. The Morgan fingerprint density at radius 1 is 1.40 bits per heavy atom. The van der Waals surface area contributed by atoms with Crippen LogP contribution in [0.1, 0.15) is 36.2 Å². The second-order valence-electron chi connectivity index (χ2n) is 5.35. The first-order chi connectivity index (χ1) is 9.69. The third-order valence-electron chi connectivity index (χ3n) is 3.51. The van der Waals surface area contributed by atoms with Gasteiger partial charge >= 0.3 is 0 Å². The molecule has 2 aromatic heterocycles. The fraction of sp³-hybridized carbons (Fsp3) is 0.615. The van der Waals surface area contributed by atoms with Gasteiger partial charge in [-0.15, -0.1) is 21.5 Å². The van der Waals surface area contributed by atoms with E-state index in [1.807, 2.05) is 7.05 Å². The molecule has 0 bridgehead atoms. The van der Waals surface area contributed by atoms with Crippen LogP contribution < -0.4 is 10.2 Å². The molecule has 0 radical (unpaired) electrons. The lowest BCUT2D eigenvalue weighted by atomic mass is 10.1. The normalized spacial score (nSPS) is 14.9. The van der Waals surface area contributed by atoms with Crippen molar-refractivity contribution in [2.45, 2.75) is 39.4 Å². The Morgan fingerprint density at radius 2 is 2.25 bits per heavy atom. The van der Waals surface area contributed by atoms with Gasteiger partial charge in [0.15, 0.2) is 11.0 Å². The largest absolute Gasteiger partial charge is 0.339 e. The molecule has 108 valence electrons. The molecule has 0 atom stereocenters. The molecule has 0 unspecified atom stereocenters. The second kappa shape index (κ2) is 5.49. The van der Waals surface area contributed by atoms with E-state index in [1.54, 1.807) is 17.7 Å². The fourth-order valence-electron chi connectivity index (χ4n) is 2.45. The van der Waals surface area contributed by atoms with E-state index in [2.05, 4.69) is 38.8 Å². The molecule has 6 nitrogen and oxygen atoms in total. The van der Waals surface area contributed by atoms with Gasteiger partial charge in [-0.3, -0.25) is 0 Å². The van der Waals surface area contributed by atoms with E-state index in [1.165, 1.54) is 10.6 Å². The van der Waals surface area contributed by atoms with Gasteiger partial charge in [0.25, 0.3) is 0 Å². The second-order valence-corrected chi connectivity index (χ2v) is 6.41. The number of anilines is 1. The van der Waals surface area contributed by atoms with Crippen LogP contribution in [0.5, 0.6) is 0 Å². The van der Waals surface area contributed by atoms with Gasteiger partial charge in [0.1, 0.15) is 6.33 Å². The van der Waals surface area contributed by atoms with Crippen molar-refractivity contribution in [1.29, 1.82) is 0 Å². The molecule has 3 heterocycles. The Morgan fingerprint density at radius 3 is 3.00 bits per heavy atom. The summed E-state index contributed by atoms with van der Waals surface area (Å²) >= 11 is 1.79. The number of hydrogen-bond acceptors (Lipinski definition) is 6. The van der Waals surface area contributed by atoms with E-state index in [0.717, 1.165) is 37.1 Å². The molecule has 0 amide bonds. The fourth-order valence-corrected chi connectivity index (χ4v) is 3.71. The number of fused-ring (bicyclic) bond motifs is 1. The number of nitrogens with zero attached hydrogens (tertiary/aromatic N) is 5. The van der Waals surface area contributed by atoms with Gasteiger partial charge < -0.3 is 14.8 Å². The average molecular weight is 292 g/mol. The lowest BCUT2D eigenvalue weighted by Gasteiger charge is -2.26. The topological polar surface area (TPSA) is 58.9 Å². The molecule has 1 aliphatic rings. The summed E-state index contributed by atoms with van der Waals surface area (Å²) in [7, 11) is 1.98. The summed E-state index contributed by atoms with van der Waals surface area (Å²) in [5, 5.41) is 12.5. The molecule has 0 aromatic carbocycles. The maximum absolute atomic E-state index is 4.86. The molecule has 0 saturated carbocycles. The number of thiazole rings is 1. The van der Waals surface area contributed by atoms with E-state index < -0.39 is 0 Å². The quantitative estimate of drug-likeness (QED) is 0.927. The van der Waals surface area contributed by atoms with Crippen molar-refractivity contribution in [3.05, 3.63) is 22.7 Å². The molecular weight excluding hydrogens is 272 g/mol. The van der Waals surface area contributed by atoms with Gasteiger partial charge in [0.05, 0.1) is 12.2 Å². The summed E-state index contributed by atoms with van der Waals surface area (Å²) in [6.45, 7) is 7.98. The van der Waals surface area contributed by atoms with E-state index >= 15 is 0 Å². The number of hydrogen-bond donors (Lipinski definition) is 1. The molecule has 2 aromatic rings. The number of aromatic nitrogens is 4. The van der Waals surface area contributed by atoms with Gasteiger partial charge in [0.2, 0.25) is 0 Å². The summed E-state index contributed by atoms with van der Waals surface area (Å²) in [6.07, 6.45) is 1.81. The van der Waals surface area contributed by atoms with Crippen molar-refractivity contribution in [2.24, 2.45) is 0 Å². The standard InChI is InChI=1S/C13H20N6S/c1-9(2)12-10(6-14-3)20-13(16-12)18-4-5-19-8-15-17-11(19)7-18/h8-9,14H,4-7H2,1-3H3. The highest BCUT2D eigenvalue weighted by atomic mass is 32.1. The van der Waals surface area contributed by atoms with Crippen molar-refractivity contribution < 1.29 is 0 Å². The minimum absolute atomic E-state index is 0.455. The van der Waals surface area contributed by atoms with Crippen molar-refractivity contribution in [2.75, 3.05) is 18.5 Å². The third-order valence-corrected chi connectivity index (χ3v) is 4.64. The molecule has 7 heteroatoms. The van der Waals surface area contributed by atoms with Gasteiger partial charge in [-0.1, -0.05) is 13.8 Å². The Kier molecular flexibility index (Phi) is 3.71. The van der Waals surface area contributed by atoms with Crippen LogP contribution in [0.2, 0.25) is 0 Å². The van der Waals surface area contributed by atoms with Crippen LogP contribution in [-0.2, 0) is 19.6 Å². The predicted molar refractivity (Wildman–Crippen MR) is 80.0 cm³/mol. The van der Waals surface area contributed by atoms with Crippen LogP contribution >= 0.6 is 11.3 Å². The maximum Gasteiger partial charge on any atom is 0.186 e. The first-order valence-electron chi connectivity index (χ1n) is 6.95. The van der Waals surface area contributed by atoms with Crippen molar-refractivity contribution in [3.63, 3.8) is 0 Å². The van der Waals surface area contributed by atoms with Gasteiger partial charge in [-0.05, 0) is 13.0 Å². The average Bonchev–Trinajstić information content (AvgIpc) is 3.04. The molecule has 0 saturated heterocycles. The van der Waals surface area contributed by atoms with Crippen molar-refractivity contribution in [3.8, 4) is 0 Å². The zero-order chi connectivity index (χ0) is 14.1. The summed E-state index contributed by atoms with van der Waals surface area (Å²) < 4.78 is 2.11. The minimum atomic E-state index is 0.455. The van der Waals surface area contributed by atoms with Crippen molar-refractivity contribution in [1.82, 2.24) is 25.1 Å². The first-order valence-corrected chi connectivity index (χ1v) is 7.76. The summed E-state index contributed by atoms with van der Waals surface area (Å²) in [5.41, 5.74) is 1.21. The maximum atomic E-state index is 4.86. The summed E-state index contributed by atoms with van der Waals surface area (Å²) in [5.74, 6) is 1.48. The lowest BCUT2D eigenvalue weighted by molar-refractivity contribution is 0.558. The van der Waals surface area contributed by atoms with Crippen LogP contribution in [0.15, 0.2) is 6.33 Å². The number of nitrogens with one attached hydrogen (secondary N) is 1. The molecule has 1 aliphatic heterocycles. The van der Waals surface area contributed by atoms with Gasteiger partial charge in [-0.25, -0.2) is 4.98 Å². The molecule has 3 rings (SSSR count). The van der Waals surface area contributed by atoms with Gasteiger partial charge in [-0.2, -0.15) is 0 Å². The van der Waals surface area contributed by atoms with Crippen LogP contribution in [0.25, 0.3) is 0 Å². The third kappa shape index (κ3) is 2.43. The van der Waals surface area contributed by atoms with E-state index in [9.17, 15) is 0 Å². The highest BCUT2D eigenvalue weighted by Crippen LogP contribution is 2.32. The zero-order valence-corrected chi connectivity index (χ0v) is 12.9. The van der Waals surface area contributed by atoms with Crippen molar-refractivity contribution >= 4 is 16.5 Å². The highest BCUT2D eigenvalue weighted by molar-refractivity contribution is 7.15. The van der Waals surface area contributed by atoms with Crippen LogP contribution in [0.3, 0.4) is 0 Å². The molecule has 1 N–H and O–H groups in total. The lowest BCUT2D eigenvalue weighted by Crippen LogP contribution is -2.33. The Hall–Kier alpha value is -1.47. The van der Waals surface area contributed by atoms with Crippen LogP contribution in [0, 0.1) is 0 Å². The molecule has 0 aliphatic carbocycles. The predicted octanol–water partition coefficient (Wildman–Crippen LogP) is 1.60. The molecule has 0 fully saturated rings. The Balaban J connectivity index is 1.86. The van der Waals surface area contributed by atoms with Crippen LogP contribution in [-0.4, -0.2) is 33.3 Å². The van der Waals surface area contributed by atoms with E-state index in [4.69, 9.17) is 4.98 Å². The highest BCUT2D eigenvalue weighted by Gasteiger charge is 2.22. The summed E-state index contributed by atoms with van der Waals surface area (Å²) in [4.78, 5) is 8.50. The monoisotopic (exact) mass is 292 g/mol. The van der Waals surface area contributed by atoms with E-state index in [-0.39, 0.29) is 0 Å². The van der Waals surface area contributed by atoms with Gasteiger partial charge in [0, 0.05) is 24.5 Å². The zero-order valence-electron chi connectivity index (χ0n) is 12.1. The molecular formula is C13H20N6S. The Labute approximate surface area is 122 Å². The Bertz CT molecular complexity index is 587. The summed E-state index contributed by atoms with van der Waals surface area (Å²) in [6, 6.07) is 0. The smallest absolute Gasteiger partial charge is 0.186 e. The van der Waals surface area contributed by atoms with Crippen LogP contribution in [0.4, 0.5) is 5.13 Å². The molecule has 20 heavy (non-hydrogen) atoms. The minimum Gasteiger partial charge on any atom is -0.339 e. The SMILES string of the molecule is CNCc1sc(N2CCn3cnnc3C2)nc1C(C)C. The first kappa shape index (κ1) is 13.5. The molecule has 0 spiro atoms. The van der Waals surface area contributed by atoms with E-state index in [0.29, 0.717) is 5.92 Å².